The molecule has 3 N–H and O–H groups in total. The van der Waals surface area contributed by atoms with Gasteiger partial charge < -0.3 is 30.0 Å². The van der Waals surface area contributed by atoms with Gasteiger partial charge in [0.2, 0.25) is 5.91 Å². The van der Waals surface area contributed by atoms with Crippen molar-refractivity contribution in [3.05, 3.63) is 53.6 Å². The summed E-state index contributed by atoms with van der Waals surface area (Å²) in [6, 6.07) is 12.3. The average Bonchev–Trinajstić information content (AvgIpc) is 2.76. The van der Waals surface area contributed by atoms with Crippen LogP contribution in [0.2, 0.25) is 0 Å². The summed E-state index contributed by atoms with van der Waals surface area (Å²) < 4.78 is 16.5. The van der Waals surface area contributed by atoms with Gasteiger partial charge in [0.05, 0.1) is 19.8 Å². The van der Waals surface area contributed by atoms with E-state index in [2.05, 4.69) is 10.6 Å². The van der Waals surface area contributed by atoms with Gasteiger partial charge in [-0.3, -0.25) is 9.59 Å². The van der Waals surface area contributed by atoms with Gasteiger partial charge in [-0.1, -0.05) is 12.1 Å². The Morgan fingerprint density at radius 1 is 0.968 bits per heavy atom. The minimum atomic E-state index is -0.875. The van der Waals surface area contributed by atoms with E-state index in [-0.39, 0.29) is 19.7 Å². The number of carbonyl (C=O) groups excluding carboxylic acids is 2. The van der Waals surface area contributed by atoms with Crippen LogP contribution in [0.5, 0.6) is 17.2 Å². The van der Waals surface area contributed by atoms with Gasteiger partial charge in [-0.2, -0.15) is 0 Å². The van der Waals surface area contributed by atoms with Crippen LogP contribution >= 0.6 is 0 Å². The Hall–Kier alpha value is -3.26. The maximum atomic E-state index is 12.3. The molecule has 0 aliphatic carbocycles. The summed E-state index contributed by atoms with van der Waals surface area (Å²) in [7, 11) is 0. The van der Waals surface area contributed by atoms with Crippen LogP contribution in [0.1, 0.15) is 29.8 Å². The Balaban J connectivity index is 1.76. The summed E-state index contributed by atoms with van der Waals surface area (Å²) in [5.74, 6) is 0.847. The lowest BCUT2D eigenvalue weighted by Crippen LogP contribution is -2.41. The molecule has 31 heavy (non-hydrogen) atoms. The quantitative estimate of drug-likeness (QED) is 0.476. The number of aryl methyl sites for hydroxylation is 1. The average molecular weight is 431 g/mol. The maximum absolute atomic E-state index is 12.3. The van der Waals surface area contributed by atoms with Crippen molar-refractivity contribution >= 4 is 11.8 Å². The zero-order chi connectivity index (χ0) is 22.6. The highest BCUT2D eigenvalue weighted by Crippen LogP contribution is 2.28. The summed E-state index contributed by atoms with van der Waals surface area (Å²) in [5, 5.41) is 15.1. The molecule has 0 spiro atoms. The molecule has 0 heterocycles. The van der Waals surface area contributed by atoms with Crippen LogP contribution in [-0.2, 0) is 4.79 Å². The highest BCUT2D eigenvalue weighted by molar-refractivity contribution is 5.97. The first kappa shape index (κ1) is 24.0. The highest BCUT2D eigenvalue weighted by atomic mass is 16.5. The number of rotatable bonds is 12. The van der Waals surface area contributed by atoms with E-state index < -0.39 is 17.9 Å². The van der Waals surface area contributed by atoms with Crippen molar-refractivity contribution in [1.29, 1.82) is 0 Å². The topological polar surface area (TPSA) is 106 Å². The first-order chi connectivity index (χ1) is 14.9. The van der Waals surface area contributed by atoms with E-state index >= 15 is 0 Å². The standard InChI is InChI=1S/C23H30N2O6/c1-4-29-20-10-9-17(12-21(20)30-5-2)23(28)25-14-22(27)24-13-18(26)15-31-19-8-6-7-16(3)11-19/h6-12,18,26H,4-5,13-15H2,1-3H3,(H,24,27)(H,25,28). The molecule has 2 rings (SSSR count). The molecule has 2 amide bonds. The van der Waals surface area contributed by atoms with Gasteiger partial charge in [-0.25, -0.2) is 0 Å². The van der Waals surface area contributed by atoms with Crippen molar-refractivity contribution in [2.75, 3.05) is 32.9 Å². The fourth-order valence-electron chi connectivity index (χ4n) is 2.71. The molecule has 2 aromatic carbocycles. The molecule has 1 atom stereocenters. The molecular weight excluding hydrogens is 400 g/mol. The summed E-state index contributed by atoms with van der Waals surface area (Å²) in [5.41, 5.74) is 1.41. The molecule has 0 radical (unpaired) electrons. The fourth-order valence-corrected chi connectivity index (χ4v) is 2.71. The minimum Gasteiger partial charge on any atom is -0.491 e. The molecule has 8 heteroatoms. The third-order valence-electron chi connectivity index (χ3n) is 4.18. The fraction of sp³-hybridized carbons (Fsp3) is 0.391. The van der Waals surface area contributed by atoms with Gasteiger partial charge in [0.25, 0.3) is 5.91 Å². The van der Waals surface area contributed by atoms with E-state index in [0.717, 1.165) is 5.56 Å². The predicted molar refractivity (Wildman–Crippen MR) is 117 cm³/mol. The van der Waals surface area contributed by atoms with Gasteiger partial charge in [0, 0.05) is 12.1 Å². The monoisotopic (exact) mass is 430 g/mol. The van der Waals surface area contributed by atoms with E-state index in [1.807, 2.05) is 39.0 Å². The lowest BCUT2D eigenvalue weighted by molar-refractivity contribution is -0.120. The second-order valence-electron chi connectivity index (χ2n) is 6.80. The molecule has 0 aliphatic rings. The molecule has 0 aromatic heterocycles. The lowest BCUT2D eigenvalue weighted by Gasteiger charge is -2.14. The number of hydrogen-bond donors (Lipinski definition) is 3. The first-order valence-electron chi connectivity index (χ1n) is 10.2. The molecule has 1 unspecified atom stereocenters. The normalized spacial score (nSPS) is 11.4. The second-order valence-corrected chi connectivity index (χ2v) is 6.80. The maximum Gasteiger partial charge on any atom is 0.251 e. The van der Waals surface area contributed by atoms with Crippen LogP contribution in [0.3, 0.4) is 0 Å². The van der Waals surface area contributed by atoms with E-state index in [9.17, 15) is 14.7 Å². The molecule has 0 saturated heterocycles. The Bertz CT molecular complexity index is 871. The Morgan fingerprint density at radius 3 is 2.42 bits per heavy atom. The third-order valence-corrected chi connectivity index (χ3v) is 4.18. The smallest absolute Gasteiger partial charge is 0.251 e. The molecule has 0 bridgehead atoms. The number of amides is 2. The van der Waals surface area contributed by atoms with Crippen molar-refractivity contribution in [1.82, 2.24) is 10.6 Å². The molecule has 8 nitrogen and oxygen atoms in total. The van der Waals surface area contributed by atoms with Crippen LogP contribution in [0, 0.1) is 6.92 Å². The summed E-state index contributed by atoms with van der Waals surface area (Å²) in [4.78, 5) is 24.3. The number of aliphatic hydroxyl groups excluding tert-OH is 1. The van der Waals surface area contributed by atoms with Crippen molar-refractivity contribution in [3.63, 3.8) is 0 Å². The van der Waals surface area contributed by atoms with Crippen molar-refractivity contribution < 1.29 is 28.9 Å². The summed E-state index contributed by atoms with van der Waals surface area (Å²) in [6.45, 7) is 6.40. The Labute approximate surface area is 182 Å². The molecule has 2 aromatic rings. The van der Waals surface area contributed by atoms with Crippen LogP contribution in [0.4, 0.5) is 0 Å². The largest absolute Gasteiger partial charge is 0.491 e. The van der Waals surface area contributed by atoms with Gasteiger partial charge in [0.1, 0.15) is 18.5 Å². The number of carbonyl (C=O) groups is 2. The molecule has 168 valence electrons. The van der Waals surface area contributed by atoms with E-state index in [1.54, 1.807) is 24.3 Å². The zero-order valence-corrected chi connectivity index (χ0v) is 18.1. The van der Waals surface area contributed by atoms with Gasteiger partial charge in [0.15, 0.2) is 11.5 Å². The van der Waals surface area contributed by atoms with Crippen molar-refractivity contribution in [2.24, 2.45) is 0 Å². The molecular formula is C23H30N2O6. The first-order valence-corrected chi connectivity index (χ1v) is 10.2. The molecule has 0 aliphatic heterocycles. The second kappa shape index (κ2) is 12.4. The lowest BCUT2D eigenvalue weighted by atomic mass is 10.2. The number of nitrogens with one attached hydrogen (secondary N) is 2. The number of hydrogen-bond acceptors (Lipinski definition) is 6. The Kier molecular flexibility index (Phi) is 9.64. The van der Waals surface area contributed by atoms with Crippen LogP contribution in [-0.4, -0.2) is 55.9 Å². The Morgan fingerprint density at radius 2 is 1.71 bits per heavy atom. The molecule has 0 saturated carbocycles. The van der Waals surface area contributed by atoms with E-state index in [1.165, 1.54) is 0 Å². The van der Waals surface area contributed by atoms with Gasteiger partial charge in [-0.15, -0.1) is 0 Å². The highest BCUT2D eigenvalue weighted by Gasteiger charge is 2.13. The third kappa shape index (κ3) is 8.18. The zero-order valence-electron chi connectivity index (χ0n) is 18.1. The number of ether oxygens (including phenoxy) is 3. The number of aliphatic hydroxyl groups is 1. The van der Waals surface area contributed by atoms with Crippen molar-refractivity contribution in [2.45, 2.75) is 26.9 Å². The van der Waals surface area contributed by atoms with E-state index in [0.29, 0.717) is 36.0 Å². The predicted octanol–water partition coefficient (Wildman–Crippen LogP) is 2.08. The van der Waals surface area contributed by atoms with E-state index in [4.69, 9.17) is 14.2 Å². The van der Waals surface area contributed by atoms with Crippen LogP contribution in [0.15, 0.2) is 42.5 Å². The number of benzene rings is 2. The SMILES string of the molecule is CCOc1ccc(C(=O)NCC(=O)NCC(O)COc2cccc(C)c2)cc1OCC. The van der Waals surface area contributed by atoms with Crippen LogP contribution in [0.25, 0.3) is 0 Å². The van der Waals surface area contributed by atoms with Crippen LogP contribution < -0.4 is 24.8 Å². The molecule has 0 fully saturated rings. The minimum absolute atomic E-state index is 0.0120. The van der Waals surface area contributed by atoms with Gasteiger partial charge >= 0.3 is 0 Å². The van der Waals surface area contributed by atoms with Crippen molar-refractivity contribution in [3.8, 4) is 17.2 Å². The summed E-state index contributed by atoms with van der Waals surface area (Å²) in [6.07, 6.45) is -0.875. The summed E-state index contributed by atoms with van der Waals surface area (Å²) >= 11 is 0. The van der Waals surface area contributed by atoms with Gasteiger partial charge in [-0.05, 0) is 56.7 Å².